The topological polar surface area (TPSA) is 62.7 Å². The monoisotopic (exact) mass is 300 g/mol. The van der Waals surface area contributed by atoms with E-state index < -0.39 is 6.10 Å². The number of nitrogens with zero attached hydrogens (tertiary/aromatic N) is 2. The van der Waals surface area contributed by atoms with Gasteiger partial charge in [-0.25, -0.2) is 0 Å². The third-order valence-corrected chi connectivity index (χ3v) is 4.19. The van der Waals surface area contributed by atoms with Crippen molar-refractivity contribution in [1.82, 2.24) is 9.88 Å². The van der Waals surface area contributed by atoms with Crippen LogP contribution >= 0.6 is 0 Å². The highest BCUT2D eigenvalue weighted by Gasteiger charge is 2.20. The molecule has 0 spiro atoms. The Hall–Kier alpha value is -1.98. The van der Waals surface area contributed by atoms with Crippen LogP contribution in [0.4, 0.5) is 0 Å². The van der Waals surface area contributed by atoms with Crippen molar-refractivity contribution in [2.75, 3.05) is 26.7 Å². The normalized spacial score (nSPS) is 17.6. The molecule has 2 heterocycles. The number of aliphatic hydroxyl groups is 1. The van der Waals surface area contributed by atoms with E-state index in [0.717, 1.165) is 35.3 Å². The van der Waals surface area contributed by atoms with E-state index in [2.05, 4.69) is 9.88 Å². The number of hydrogen-bond donors (Lipinski definition) is 1. The summed E-state index contributed by atoms with van der Waals surface area (Å²) in [4.78, 5) is 17.8. The number of rotatable bonds is 4. The van der Waals surface area contributed by atoms with Gasteiger partial charge in [0, 0.05) is 44.1 Å². The van der Waals surface area contributed by atoms with Crippen LogP contribution in [0.2, 0.25) is 0 Å². The second kappa shape index (κ2) is 6.42. The Morgan fingerprint density at radius 1 is 1.32 bits per heavy atom. The Morgan fingerprint density at radius 2 is 2.09 bits per heavy atom. The van der Waals surface area contributed by atoms with Crippen LogP contribution in [0.25, 0.3) is 10.9 Å². The van der Waals surface area contributed by atoms with Crippen molar-refractivity contribution in [3.63, 3.8) is 0 Å². The van der Waals surface area contributed by atoms with Gasteiger partial charge in [0.25, 0.3) is 0 Å². The molecule has 5 nitrogen and oxygen atoms in total. The molecule has 0 aliphatic carbocycles. The number of fused-ring (bicyclic) bond motifs is 1. The molecule has 116 valence electrons. The molecule has 1 saturated heterocycles. The second-order valence-electron chi connectivity index (χ2n) is 5.64. The predicted molar refractivity (Wildman–Crippen MR) is 83.9 cm³/mol. The summed E-state index contributed by atoms with van der Waals surface area (Å²) in [6.45, 7) is 1.98. The van der Waals surface area contributed by atoms with Crippen LogP contribution in [0.5, 0.6) is 5.75 Å². The van der Waals surface area contributed by atoms with Crippen LogP contribution in [-0.4, -0.2) is 47.5 Å². The second-order valence-corrected chi connectivity index (χ2v) is 5.64. The minimum Gasteiger partial charge on any atom is -0.497 e. The number of benzene rings is 1. The first-order valence-corrected chi connectivity index (χ1v) is 7.52. The van der Waals surface area contributed by atoms with Gasteiger partial charge in [0.2, 0.25) is 0 Å². The van der Waals surface area contributed by atoms with Gasteiger partial charge in [0.15, 0.2) is 0 Å². The molecule has 22 heavy (non-hydrogen) atoms. The molecule has 5 heteroatoms. The number of methoxy groups -OCH3 is 1. The van der Waals surface area contributed by atoms with Crippen LogP contribution in [0.3, 0.4) is 0 Å². The third-order valence-electron chi connectivity index (χ3n) is 4.19. The minimum atomic E-state index is -0.606. The summed E-state index contributed by atoms with van der Waals surface area (Å²) in [5.74, 6) is 1.06. The van der Waals surface area contributed by atoms with Crippen LogP contribution in [0.15, 0.2) is 30.5 Å². The highest BCUT2D eigenvalue weighted by Crippen LogP contribution is 2.27. The molecular weight excluding hydrogens is 280 g/mol. The third kappa shape index (κ3) is 3.10. The van der Waals surface area contributed by atoms with E-state index in [1.165, 1.54) is 0 Å². The van der Waals surface area contributed by atoms with Gasteiger partial charge in [0.1, 0.15) is 11.5 Å². The standard InChI is InChI=1S/C17H20N2O3/c1-22-13-2-3-16-15(10-13)14(4-7-18-16)17(21)11-19-8-5-12(20)6-9-19/h2-4,7,10,17,21H,5-6,8-9,11H2,1H3/t17-/m0/s1. The Morgan fingerprint density at radius 3 is 2.82 bits per heavy atom. The summed E-state index contributed by atoms with van der Waals surface area (Å²) in [6, 6.07) is 7.51. The lowest BCUT2D eigenvalue weighted by molar-refractivity contribution is -0.121. The van der Waals surface area contributed by atoms with E-state index >= 15 is 0 Å². The number of piperidine rings is 1. The fourth-order valence-corrected chi connectivity index (χ4v) is 2.89. The summed E-state index contributed by atoms with van der Waals surface area (Å²) in [6.07, 6.45) is 2.27. The molecular formula is C17H20N2O3. The molecule has 0 radical (unpaired) electrons. The van der Waals surface area contributed by atoms with Crippen LogP contribution in [0, 0.1) is 0 Å². The molecule has 0 unspecified atom stereocenters. The fourth-order valence-electron chi connectivity index (χ4n) is 2.89. The van der Waals surface area contributed by atoms with Gasteiger partial charge in [0.05, 0.1) is 18.7 Å². The van der Waals surface area contributed by atoms with Gasteiger partial charge < -0.3 is 9.84 Å². The number of carbonyl (C=O) groups excluding carboxylic acids is 1. The first-order valence-electron chi connectivity index (χ1n) is 7.52. The molecule has 0 saturated carbocycles. The van der Waals surface area contributed by atoms with Crippen molar-refractivity contribution in [1.29, 1.82) is 0 Å². The number of ether oxygens (including phenoxy) is 1. The number of carbonyl (C=O) groups is 1. The Kier molecular flexibility index (Phi) is 4.36. The van der Waals surface area contributed by atoms with Crippen molar-refractivity contribution >= 4 is 16.7 Å². The molecule has 0 bridgehead atoms. The number of aliphatic hydroxyl groups excluding tert-OH is 1. The number of hydrogen-bond acceptors (Lipinski definition) is 5. The van der Waals surface area contributed by atoms with Gasteiger partial charge in [-0.15, -0.1) is 0 Å². The Labute approximate surface area is 129 Å². The lowest BCUT2D eigenvalue weighted by atomic mass is 10.0. The fraction of sp³-hybridized carbons (Fsp3) is 0.412. The smallest absolute Gasteiger partial charge is 0.135 e. The molecule has 1 aliphatic rings. The molecule has 2 aromatic rings. The number of aromatic nitrogens is 1. The van der Waals surface area contributed by atoms with Gasteiger partial charge in [-0.1, -0.05) is 0 Å². The van der Waals surface area contributed by atoms with E-state index in [4.69, 9.17) is 4.74 Å². The van der Waals surface area contributed by atoms with Gasteiger partial charge in [-0.2, -0.15) is 0 Å². The average molecular weight is 300 g/mol. The zero-order chi connectivity index (χ0) is 15.5. The quantitative estimate of drug-likeness (QED) is 0.935. The Bertz CT molecular complexity index is 677. The maximum atomic E-state index is 11.3. The lowest BCUT2D eigenvalue weighted by Crippen LogP contribution is -2.36. The summed E-state index contributed by atoms with van der Waals surface area (Å²) in [7, 11) is 1.62. The first-order chi connectivity index (χ1) is 10.7. The summed E-state index contributed by atoms with van der Waals surface area (Å²) < 4.78 is 5.26. The van der Waals surface area contributed by atoms with Gasteiger partial charge >= 0.3 is 0 Å². The maximum absolute atomic E-state index is 11.3. The number of Topliss-reactive ketones (excluding diaryl/α,β-unsaturated/α-hetero) is 1. The minimum absolute atomic E-state index is 0.310. The molecule has 1 fully saturated rings. The largest absolute Gasteiger partial charge is 0.497 e. The summed E-state index contributed by atoms with van der Waals surface area (Å²) >= 11 is 0. The van der Waals surface area contributed by atoms with Crippen molar-refractivity contribution in [2.24, 2.45) is 0 Å². The van der Waals surface area contributed by atoms with Gasteiger partial charge in [-0.3, -0.25) is 14.7 Å². The SMILES string of the molecule is COc1ccc2nccc([C@@H](O)CN3CCC(=O)CC3)c2c1. The van der Waals surface area contributed by atoms with Crippen molar-refractivity contribution in [2.45, 2.75) is 18.9 Å². The first kappa shape index (κ1) is 14.9. The van der Waals surface area contributed by atoms with Gasteiger partial charge in [-0.05, 0) is 29.8 Å². The predicted octanol–water partition coefficient (Wildman–Crippen LogP) is 1.94. The molecule has 1 aromatic heterocycles. The Balaban J connectivity index is 1.83. The van der Waals surface area contributed by atoms with E-state index in [-0.39, 0.29) is 0 Å². The maximum Gasteiger partial charge on any atom is 0.135 e. The number of likely N-dealkylation sites (tertiary alicyclic amines) is 1. The number of pyridine rings is 1. The molecule has 1 atom stereocenters. The van der Waals surface area contributed by atoms with E-state index in [0.29, 0.717) is 25.2 Å². The summed E-state index contributed by atoms with van der Waals surface area (Å²) in [5, 5.41) is 11.5. The van der Waals surface area contributed by atoms with E-state index in [1.807, 2.05) is 24.3 Å². The molecule has 1 aliphatic heterocycles. The van der Waals surface area contributed by atoms with Crippen LogP contribution in [-0.2, 0) is 4.79 Å². The number of ketones is 1. The van der Waals surface area contributed by atoms with Crippen molar-refractivity contribution in [3.05, 3.63) is 36.0 Å². The highest BCUT2D eigenvalue weighted by atomic mass is 16.5. The molecule has 3 rings (SSSR count). The average Bonchev–Trinajstić information content (AvgIpc) is 2.55. The van der Waals surface area contributed by atoms with Crippen molar-refractivity contribution < 1.29 is 14.6 Å². The molecule has 0 amide bonds. The van der Waals surface area contributed by atoms with Crippen LogP contribution in [0.1, 0.15) is 24.5 Å². The number of β-amino-alcohol motifs (C(OH)–C–C–N with tert-alkyl or cyclic N) is 1. The van der Waals surface area contributed by atoms with E-state index in [9.17, 15) is 9.90 Å². The molecule has 1 aromatic carbocycles. The molecule has 1 N–H and O–H groups in total. The summed E-state index contributed by atoms with van der Waals surface area (Å²) in [5.41, 5.74) is 1.69. The lowest BCUT2D eigenvalue weighted by Gasteiger charge is -2.28. The van der Waals surface area contributed by atoms with Crippen LogP contribution < -0.4 is 4.74 Å². The highest BCUT2D eigenvalue weighted by molar-refractivity contribution is 5.84. The van der Waals surface area contributed by atoms with Crippen molar-refractivity contribution in [3.8, 4) is 5.75 Å². The zero-order valence-corrected chi connectivity index (χ0v) is 12.7. The zero-order valence-electron chi connectivity index (χ0n) is 12.7. The van der Waals surface area contributed by atoms with E-state index in [1.54, 1.807) is 13.3 Å².